The Bertz CT molecular complexity index is 122. The van der Waals surface area contributed by atoms with Crippen molar-refractivity contribution in [2.75, 3.05) is 6.54 Å². The molecule has 0 amide bonds. The quantitative estimate of drug-likeness (QED) is 0.663. The molecule has 1 saturated carbocycles. The molecule has 0 saturated heterocycles. The predicted molar refractivity (Wildman–Crippen MR) is 45.2 cm³/mol. The molecular weight excluding hydrogens is 146 g/mol. The molecule has 1 nitrogen and oxygen atoms in total. The van der Waals surface area contributed by atoms with Crippen LogP contribution in [-0.2, 0) is 0 Å². The van der Waals surface area contributed by atoms with Crippen LogP contribution in [0.4, 0.5) is 0 Å². The summed E-state index contributed by atoms with van der Waals surface area (Å²) >= 11 is 5.36. The maximum atomic E-state index is 5.36. The molecule has 0 aromatic carbocycles. The summed E-state index contributed by atoms with van der Waals surface area (Å²) in [4.78, 5) is 0. The van der Waals surface area contributed by atoms with Gasteiger partial charge in [-0.2, -0.15) is 0 Å². The first-order valence-corrected chi connectivity index (χ1v) is 4.30. The van der Waals surface area contributed by atoms with Crippen molar-refractivity contribution in [3.05, 3.63) is 11.6 Å². The molecule has 1 rings (SSSR count). The highest BCUT2D eigenvalue weighted by Crippen LogP contribution is 2.32. The lowest BCUT2D eigenvalue weighted by molar-refractivity contribution is 0.661. The van der Waals surface area contributed by atoms with E-state index < -0.39 is 0 Å². The first-order chi connectivity index (χ1) is 4.88. The highest BCUT2D eigenvalue weighted by molar-refractivity contribution is 6.25. The Morgan fingerprint density at radius 2 is 2.50 bits per heavy atom. The van der Waals surface area contributed by atoms with Crippen LogP contribution in [-0.4, -0.2) is 12.6 Å². The number of nitrogens with one attached hydrogen (secondary N) is 1. The average molecular weight is 160 g/mol. The van der Waals surface area contributed by atoms with Crippen molar-refractivity contribution in [2.45, 2.75) is 25.8 Å². The zero-order valence-electron chi connectivity index (χ0n) is 6.31. The molecule has 1 N–H and O–H groups in total. The van der Waals surface area contributed by atoms with E-state index in [1.807, 2.05) is 6.08 Å². The summed E-state index contributed by atoms with van der Waals surface area (Å²) in [5.41, 5.74) is 1.57. The Morgan fingerprint density at radius 1 is 1.70 bits per heavy atom. The topological polar surface area (TPSA) is 12.0 Å². The van der Waals surface area contributed by atoms with E-state index in [-0.39, 0.29) is 0 Å². The van der Waals surface area contributed by atoms with Crippen molar-refractivity contribution >= 4 is 11.6 Å². The first kappa shape index (κ1) is 8.09. The van der Waals surface area contributed by atoms with E-state index in [4.69, 9.17) is 11.6 Å². The molecule has 0 aliphatic heterocycles. The summed E-state index contributed by atoms with van der Waals surface area (Å²) in [5, 5.41) is 3.39. The second kappa shape index (κ2) is 3.99. The summed E-state index contributed by atoms with van der Waals surface area (Å²) in [6.45, 7) is 3.16. The third-order valence-corrected chi connectivity index (χ3v) is 2.21. The van der Waals surface area contributed by atoms with Gasteiger partial charge in [0.05, 0.1) is 0 Å². The van der Waals surface area contributed by atoms with E-state index in [2.05, 4.69) is 12.2 Å². The maximum Gasteiger partial charge on any atom is 0.0149 e. The number of halogens is 1. The van der Waals surface area contributed by atoms with Crippen LogP contribution in [0.3, 0.4) is 0 Å². The summed E-state index contributed by atoms with van der Waals surface area (Å²) in [6.07, 6.45) is 4.60. The van der Waals surface area contributed by atoms with Crippen LogP contribution in [0.2, 0.25) is 0 Å². The SMILES string of the molecule is CCC1CC1NC/C=C/Cl. The van der Waals surface area contributed by atoms with Gasteiger partial charge in [-0.05, 0) is 12.3 Å². The molecule has 0 aromatic heterocycles. The predicted octanol–water partition coefficient (Wildman–Crippen LogP) is 2.13. The van der Waals surface area contributed by atoms with Gasteiger partial charge in [-0.25, -0.2) is 0 Å². The standard InChI is InChI=1S/C8H14ClN/c1-2-7-6-8(7)10-5-3-4-9/h3-4,7-8,10H,2,5-6H2,1H3/b4-3+. The molecule has 1 aliphatic rings. The Labute approximate surface area is 67.5 Å². The smallest absolute Gasteiger partial charge is 0.0149 e. The summed E-state index contributed by atoms with van der Waals surface area (Å²) in [7, 11) is 0. The molecule has 2 atom stereocenters. The van der Waals surface area contributed by atoms with Gasteiger partial charge in [0.2, 0.25) is 0 Å². The Kier molecular flexibility index (Phi) is 3.23. The van der Waals surface area contributed by atoms with Gasteiger partial charge in [-0.3, -0.25) is 0 Å². The second-order valence-electron chi connectivity index (χ2n) is 2.78. The van der Waals surface area contributed by atoms with Gasteiger partial charge in [0.15, 0.2) is 0 Å². The number of hydrogen-bond donors (Lipinski definition) is 1. The maximum absolute atomic E-state index is 5.36. The van der Waals surface area contributed by atoms with Gasteiger partial charge >= 0.3 is 0 Å². The van der Waals surface area contributed by atoms with Crippen LogP contribution in [0.15, 0.2) is 11.6 Å². The van der Waals surface area contributed by atoms with E-state index in [0.29, 0.717) is 0 Å². The van der Waals surface area contributed by atoms with Crippen molar-refractivity contribution in [1.82, 2.24) is 5.32 Å². The van der Waals surface area contributed by atoms with E-state index >= 15 is 0 Å². The van der Waals surface area contributed by atoms with Crippen LogP contribution in [0.1, 0.15) is 19.8 Å². The Balaban J connectivity index is 1.96. The molecule has 0 aromatic rings. The van der Waals surface area contributed by atoms with Crippen molar-refractivity contribution in [3.63, 3.8) is 0 Å². The fourth-order valence-corrected chi connectivity index (χ4v) is 1.30. The molecule has 0 radical (unpaired) electrons. The van der Waals surface area contributed by atoms with E-state index in [9.17, 15) is 0 Å². The highest BCUT2D eigenvalue weighted by atomic mass is 35.5. The fourth-order valence-electron chi connectivity index (χ4n) is 1.21. The third-order valence-electron chi connectivity index (χ3n) is 2.03. The van der Waals surface area contributed by atoms with E-state index in [1.165, 1.54) is 12.8 Å². The van der Waals surface area contributed by atoms with Crippen molar-refractivity contribution < 1.29 is 0 Å². The Morgan fingerprint density at radius 3 is 3.00 bits per heavy atom. The molecule has 2 unspecified atom stereocenters. The van der Waals surface area contributed by atoms with Crippen molar-refractivity contribution in [3.8, 4) is 0 Å². The van der Waals surface area contributed by atoms with Crippen LogP contribution in [0.5, 0.6) is 0 Å². The lowest BCUT2D eigenvalue weighted by Crippen LogP contribution is -2.17. The molecule has 0 bridgehead atoms. The van der Waals surface area contributed by atoms with Crippen molar-refractivity contribution in [1.29, 1.82) is 0 Å². The van der Waals surface area contributed by atoms with Gasteiger partial charge in [-0.1, -0.05) is 31.0 Å². The van der Waals surface area contributed by atoms with Gasteiger partial charge in [0.25, 0.3) is 0 Å². The second-order valence-corrected chi connectivity index (χ2v) is 3.03. The molecule has 1 aliphatic carbocycles. The van der Waals surface area contributed by atoms with E-state index in [0.717, 1.165) is 18.5 Å². The lowest BCUT2D eigenvalue weighted by atomic mass is 10.3. The summed E-state index contributed by atoms with van der Waals surface area (Å²) < 4.78 is 0. The average Bonchev–Trinajstić information content (AvgIpc) is 2.68. The molecular formula is C8H14ClN. The first-order valence-electron chi connectivity index (χ1n) is 3.87. The van der Waals surface area contributed by atoms with Gasteiger partial charge in [-0.15, -0.1) is 0 Å². The summed E-state index contributed by atoms with van der Waals surface area (Å²) in [6, 6.07) is 0.776. The lowest BCUT2D eigenvalue weighted by Gasteiger charge is -1.96. The van der Waals surface area contributed by atoms with Crippen LogP contribution in [0.25, 0.3) is 0 Å². The normalized spacial score (nSPS) is 31.4. The van der Waals surface area contributed by atoms with E-state index in [1.54, 1.807) is 5.54 Å². The third kappa shape index (κ3) is 2.31. The van der Waals surface area contributed by atoms with Gasteiger partial charge < -0.3 is 5.32 Å². The van der Waals surface area contributed by atoms with Crippen molar-refractivity contribution in [2.24, 2.45) is 5.92 Å². The molecule has 10 heavy (non-hydrogen) atoms. The molecule has 58 valence electrons. The van der Waals surface area contributed by atoms with Crippen LogP contribution < -0.4 is 5.32 Å². The van der Waals surface area contributed by atoms with Crippen LogP contribution in [0, 0.1) is 5.92 Å². The molecule has 0 heterocycles. The zero-order chi connectivity index (χ0) is 7.40. The minimum Gasteiger partial charge on any atom is -0.310 e. The molecule has 1 fully saturated rings. The van der Waals surface area contributed by atoms with Gasteiger partial charge in [0.1, 0.15) is 0 Å². The Hall–Kier alpha value is -0.0100. The summed E-state index contributed by atoms with van der Waals surface area (Å²) in [5.74, 6) is 0.934. The largest absolute Gasteiger partial charge is 0.310 e. The molecule has 2 heteroatoms. The highest BCUT2D eigenvalue weighted by Gasteiger charge is 2.33. The number of rotatable bonds is 4. The van der Waals surface area contributed by atoms with Gasteiger partial charge in [0, 0.05) is 18.1 Å². The monoisotopic (exact) mass is 159 g/mol. The minimum atomic E-state index is 0.776. The number of hydrogen-bond acceptors (Lipinski definition) is 1. The minimum absolute atomic E-state index is 0.776. The zero-order valence-corrected chi connectivity index (χ0v) is 7.06. The molecule has 0 spiro atoms. The fraction of sp³-hybridized carbons (Fsp3) is 0.750. The van der Waals surface area contributed by atoms with Crippen LogP contribution >= 0.6 is 11.6 Å².